The Morgan fingerprint density at radius 2 is 2.10 bits per heavy atom. The maximum atomic E-state index is 6.23. The number of nitrogens with two attached hydrogens (primary N) is 1. The second-order valence-corrected chi connectivity index (χ2v) is 5.57. The minimum absolute atomic E-state index is 0.0380. The van der Waals surface area contributed by atoms with Gasteiger partial charge in [0.25, 0.3) is 0 Å². The van der Waals surface area contributed by atoms with Gasteiger partial charge in [-0.15, -0.1) is 5.10 Å². The monoisotopic (exact) mass is 271 g/mol. The molecule has 1 aliphatic heterocycles. The van der Waals surface area contributed by atoms with Crippen LogP contribution in [-0.4, -0.2) is 44.1 Å². The molecule has 1 saturated heterocycles. The third-order valence-electron chi connectivity index (χ3n) is 4.04. The van der Waals surface area contributed by atoms with E-state index in [0.717, 1.165) is 24.7 Å². The van der Waals surface area contributed by atoms with Gasteiger partial charge in [0.2, 0.25) is 0 Å². The zero-order valence-electron chi connectivity index (χ0n) is 11.1. The molecule has 0 bridgehead atoms. The fraction of sp³-hybridized carbons (Fsp3) is 0.538. The van der Waals surface area contributed by atoms with E-state index in [1.54, 1.807) is 6.20 Å². The van der Waals surface area contributed by atoms with Crippen molar-refractivity contribution in [3.8, 4) is 0 Å². The smallest absolute Gasteiger partial charge is 0.133 e. The molecule has 0 spiro atoms. The minimum atomic E-state index is 0.0380. The van der Waals surface area contributed by atoms with Gasteiger partial charge in [0, 0.05) is 37.4 Å². The third-order valence-corrected chi connectivity index (χ3v) is 4.04. The lowest BCUT2D eigenvalue weighted by molar-refractivity contribution is 0.437. The average Bonchev–Trinajstić information content (AvgIpc) is 3.04. The number of hydrogen-bond acceptors (Lipinski definition) is 6. The molecule has 2 fully saturated rings. The van der Waals surface area contributed by atoms with E-state index in [2.05, 4.69) is 25.2 Å². The van der Waals surface area contributed by atoms with E-state index in [-0.39, 0.29) is 12.1 Å². The highest BCUT2D eigenvalue weighted by Gasteiger charge is 2.33. The van der Waals surface area contributed by atoms with Gasteiger partial charge in [-0.2, -0.15) is 0 Å². The largest absolute Gasteiger partial charge is 0.353 e. The van der Waals surface area contributed by atoms with E-state index in [1.807, 2.05) is 23.1 Å². The highest BCUT2D eigenvalue weighted by atomic mass is 15.5. The number of hydrogen-bond donors (Lipinski definition) is 1. The summed E-state index contributed by atoms with van der Waals surface area (Å²) in [6.45, 7) is 1.59. The van der Waals surface area contributed by atoms with Crippen LogP contribution in [0.15, 0.2) is 24.7 Å². The van der Waals surface area contributed by atoms with Crippen LogP contribution in [0.1, 0.15) is 30.6 Å². The van der Waals surface area contributed by atoms with Crippen LogP contribution in [0.3, 0.4) is 0 Å². The van der Waals surface area contributed by atoms with Crippen molar-refractivity contribution in [3.05, 3.63) is 30.5 Å². The van der Waals surface area contributed by atoms with Crippen LogP contribution < -0.4 is 10.6 Å². The van der Waals surface area contributed by atoms with Gasteiger partial charge in [-0.1, -0.05) is 5.21 Å². The van der Waals surface area contributed by atoms with Gasteiger partial charge < -0.3 is 10.6 Å². The molecule has 7 heteroatoms. The normalized spacial score (nSPS) is 26.1. The Balaban J connectivity index is 1.56. The molecule has 2 aromatic rings. The van der Waals surface area contributed by atoms with Crippen LogP contribution in [0.5, 0.6) is 0 Å². The molecule has 20 heavy (non-hydrogen) atoms. The van der Waals surface area contributed by atoms with Crippen molar-refractivity contribution in [2.24, 2.45) is 5.73 Å². The van der Waals surface area contributed by atoms with Crippen LogP contribution in [0, 0.1) is 0 Å². The number of aromatic nitrogens is 5. The fourth-order valence-electron chi connectivity index (χ4n) is 2.75. The van der Waals surface area contributed by atoms with Crippen molar-refractivity contribution in [2.75, 3.05) is 18.0 Å². The Kier molecular flexibility index (Phi) is 2.66. The second-order valence-electron chi connectivity index (χ2n) is 5.57. The summed E-state index contributed by atoms with van der Waals surface area (Å²) in [6, 6.07) is 2.15. The van der Waals surface area contributed by atoms with Gasteiger partial charge in [0.15, 0.2) is 0 Å². The Morgan fingerprint density at radius 3 is 2.85 bits per heavy atom. The lowest BCUT2D eigenvalue weighted by Gasteiger charge is -2.17. The van der Waals surface area contributed by atoms with Crippen molar-refractivity contribution >= 4 is 5.82 Å². The lowest BCUT2D eigenvalue weighted by atomic mass is 10.2. The molecule has 104 valence electrons. The van der Waals surface area contributed by atoms with Crippen molar-refractivity contribution in [2.45, 2.75) is 30.8 Å². The highest BCUT2D eigenvalue weighted by Crippen LogP contribution is 2.38. The van der Waals surface area contributed by atoms with Gasteiger partial charge in [0.05, 0.1) is 12.2 Å². The van der Waals surface area contributed by atoms with Crippen LogP contribution in [-0.2, 0) is 0 Å². The first-order valence-corrected chi connectivity index (χ1v) is 7.00. The average molecular weight is 271 g/mol. The molecule has 7 nitrogen and oxygen atoms in total. The fourth-order valence-corrected chi connectivity index (χ4v) is 2.75. The summed E-state index contributed by atoms with van der Waals surface area (Å²) >= 11 is 0. The van der Waals surface area contributed by atoms with Gasteiger partial charge in [0.1, 0.15) is 11.6 Å². The molecule has 2 aliphatic rings. The van der Waals surface area contributed by atoms with Crippen LogP contribution in [0.25, 0.3) is 0 Å². The molecule has 0 aromatic carbocycles. The molecule has 1 saturated carbocycles. The first kappa shape index (κ1) is 11.8. The van der Waals surface area contributed by atoms with Crippen molar-refractivity contribution < 1.29 is 0 Å². The Morgan fingerprint density at radius 1 is 1.20 bits per heavy atom. The first-order chi connectivity index (χ1) is 9.81. The Bertz CT molecular complexity index is 593. The highest BCUT2D eigenvalue weighted by molar-refractivity contribution is 5.40. The SMILES string of the molecule is N[C@@H]1CN(c2ccnc(C3CC3)n2)C[C@@H]1n1ccnn1. The Labute approximate surface area is 116 Å². The van der Waals surface area contributed by atoms with Crippen molar-refractivity contribution in [1.29, 1.82) is 0 Å². The van der Waals surface area contributed by atoms with Crippen LogP contribution in [0.4, 0.5) is 5.82 Å². The summed E-state index contributed by atoms with van der Waals surface area (Å²) in [5.41, 5.74) is 6.23. The van der Waals surface area contributed by atoms with Crippen LogP contribution >= 0.6 is 0 Å². The summed E-state index contributed by atoms with van der Waals surface area (Å²) in [4.78, 5) is 11.3. The first-order valence-electron chi connectivity index (χ1n) is 7.00. The van der Waals surface area contributed by atoms with E-state index in [0.29, 0.717) is 5.92 Å². The number of anilines is 1. The molecule has 1 aliphatic carbocycles. The summed E-state index contributed by atoms with van der Waals surface area (Å²) in [7, 11) is 0. The van der Waals surface area contributed by atoms with Gasteiger partial charge in [-0.25, -0.2) is 14.6 Å². The second kappa shape index (κ2) is 4.52. The molecule has 3 heterocycles. The maximum absolute atomic E-state index is 6.23. The number of rotatable bonds is 3. The third kappa shape index (κ3) is 2.03. The molecule has 0 unspecified atom stereocenters. The summed E-state index contributed by atoms with van der Waals surface area (Å²) in [5.74, 6) is 2.51. The lowest BCUT2D eigenvalue weighted by Crippen LogP contribution is -2.31. The van der Waals surface area contributed by atoms with E-state index in [1.165, 1.54) is 12.8 Å². The molecule has 4 rings (SSSR count). The quantitative estimate of drug-likeness (QED) is 0.866. The predicted molar refractivity (Wildman–Crippen MR) is 73.3 cm³/mol. The van der Waals surface area contributed by atoms with E-state index >= 15 is 0 Å². The zero-order valence-corrected chi connectivity index (χ0v) is 11.1. The van der Waals surface area contributed by atoms with Gasteiger partial charge in [-0.05, 0) is 18.9 Å². The zero-order chi connectivity index (χ0) is 13.5. The standard InChI is InChI=1S/C13H17N7/c14-10-7-19(8-11(10)20-6-5-16-18-20)12-3-4-15-13(17-12)9-1-2-9/h3-6,9-11H,1-2,7-8,14H2/t10-,11+/m1/s1. The molecule has 2 N–H and O–H groups in total. The van der Waals surface area contributed by atoms with E-state index in [9.17, 15) is 0 Å². The van der Waals surface area contributed by atoms with E-state index in [4.69, 9.17) is 5.73 Å². The van der Waals surface area contributed by atoms with E-state index < -0.39 is 0 Å². The molecular weight excluding hydrogens is 254 g/mol. The predicted octanol–water partition coefficient (Wildman–Crippen LogP) is 0.334. The number of nitrogens with zero attached hydrogens (tertiary/aromatic N) is 6. The van der Waals surface area contributed by atoms with Crippen LogP contribution in [0.2, 0.25) is 0 Å². The topological polar surface area (TPSA) is 85.8 Å². The molecule has 0 radical (unpaired) electrons. The molecule has 2 atom stereocenters. The minimum Gasteiger partial charge on any atom is -0.353 e. The molecule has 0 amide bonds. The van der Waals surface area contributed by atoms with Gasteiger partial charge >= 0.3 is 0 Å². The summed E-state index contributed by atoms with van der Waals surface area (Å²) in [5, 5.41) is 7.92. The Hall–Kier alpha value is -2.02. The molecule has 2 aromatic heterocycles. The van der Waals surface area contributed by atoms with Gasteiger partial charge in [-0.3, -0.25) is 0 Å². The maximum Gasteiger partial charge on any atom is 0.133 e. The summed E-state index contributed by atoms with van der Waals surface area (Å²) < 4.78 is 1.84. The summed E-state index contributed by atoms with van der Waals surface area (Å²) in [6.07, 6.45) is 7.83. The van der Waals surface area contributed by atoms with Crippen molar-refractivity contribution in [3.63, 3.8) is 0 Å². The van der Waals surface area contributed by atoms with Crippen molar-refractivity contribution in [1.82, 2.24) is 25.0 Å². The molecular formula is C13H17N7.